The van der Waals surface area contributed by atoms with Gasteiger partial charge in [0.2, 0.25) is 0 Å². The number of esters is 1. The summed E-state index contributed by atoms with van der Waals surface area (Å²) in [6, 6.07) is 33.3. The van der Waals surface area contributed by atoms with Gasteiger partial charge in [-0.05, 0) is 56.0 Å². The lowest BCUT2D eigenvalue weighted by molar-refractivity contribution is 0.0247. The molecule has 1 aliphatic rings. The molecular formula is C41H46N2O3. The zero-order valence-electron chi connectivity index (χ0n) is 28.0. The number of unbranched alkanes of at least 4 members (excludes halogenated alkanes) is 1. The Morgan fingerprint density at radius 3 is 2.37 bits per heavy atom. The number of aromatic nitrogens is 1. The van der Waals surface area contributed by atoms with Crippen LogP contribution in [0.3, 0.4) is 0 Å². The van der Waals surface area contributed by atoms with E-state index in [0.29, 0.717) is 17.2 Å². The number of ether oxygens (including phenoxy) is 2. The van der Waals surface area contributed by atoms with Gasteiger partial charge in [-0.25, -0.2) is 4.79 Å². The molecule has 2 heterocycles. The number of nitrogens with zero attached hydrogens (tertiary/aromatic N) is 2. The first kappa shape index (κ1) is 31.5. The predicted octanol–water partition coefficient (Wildman–Crippen LogP) is 9.83. The fourth-order valence-corrected chi connectivity index (χ4v) is 7.39. The first-order valence-corrected chi connectivity index (χ1v) is 16.7. The molecule has 5 aromatic rings. The third-order valence-electron chi connectivity index (χ3n) is 10.2. The fraction of sp³-hybridized carbons (Fsp3) is 0.341. The Morgan fingerprint density at radius 2 is 1.63 bits per heavy atom. The van der Waals surface area contributed by atoms with Crippen LogP contribution in [0.5, 0.6) is 5.75 Å². The number of hydrogen-bond acceptors (Lipinski definition) is 4. The molecule has 4 aromatic carbocycles. The van der Waals surface area contributed by atoms with Gasteiger partial charge < -0.3 is 18.9 Å². The second-order valence-corrected chi connectivity index (χ2v) is 12.7. The summed E-state index contributed by atoms with van der Waals surface area (Å²) in [4.78, 5) is 16.0. The fourth-order valence-electron chi connectivity index (χ4n) is 7.39. The topological polar surface area (TPSA) is 43.7 Å². The van der Waals surface area contributed by atoms with Crippen LogP contribution in [-0.2, 0) is 16.9 Å². The van der Waals surface area contributed by atoms with E-state index in [1.165, 1.54) is 24.8 Å². The van der Waals surface area contributed by atoms with Crippen LogP contribution < -0.4 is 9.64 Å². The van der Waals surface area contributed by atoms with Crippen molar-refractivity contribution in [1.82, 2.24) is 4.57 Å². The molecule has 5 heteroatoms. The van der Waals surface area contributed by atoms with Gasteiger partial charge in [-0.2, -0.15) is 0 Å². The molecular weight excluding hydrogens is 568 g/mol. The van der Waals surface area contributed by atoms with Crippen LogP contribution in [0.1, 0.15) is 90.8 Å². The predicted molar refractivity (Wildman–Crippen MR) is 188 cm³/mol. The van der Waals surface area contributed by atoms with Crippen LogP contribution in [0.25, 0.3) is 10.9 Å². The van der Waals surface area contributed by atoms with Gasteiger partial charge in [0.1, 0.15) is 5.75 Å². The number of carbonyl (C=O) groups excluding carboxylic acids is 1. The summed E-state index contributed by atoms with van der Waals surface area (Å²) in [6.45, 7) is 9.87. The van der Waals surface area contributed by atoms with E-state index >= 15 is 0 Å². The molecule has 46 heavy (non-hydrogen) atoms. The Bertz CT molecular complexity index is 1840. The Morgan fingerprint density at radius 1 is 0.913 bits per heavy atom. The molecule has 0 amide bonds. The number of hydrogen-bond donors (Lipinski definition) is 0. The van der Waals surface area contributed by atoms with Crippen molar-refractivity contribution in [1.29, 1.82) is 0 Å². The zero-order valence-corrected chi connectivity index (χ0v) is 28.0. The number of fused-ring (bicyclic) bond motifs is 2. The SMILES string of the molecule is CCCCC(CC)Cn1c(C)c(C2(c3ccc(N(C)C(C)c4ccccc4)cc3OC)OC(=O)c3ccccc32)c2ccccc21. The van der Waals surface area contributed by atoms with E-state index in [2.05, 4.69) is 111 Å². The molecule has 238 valence electrons. The number of cyclic esters (lactones) is 1. The first-order chi connectivity index (χ1) is 22.3. The highest BCUT2D eigenvalue weighted by Crippen LogP contribution is 2.53. The Balaban J connectivity index is 1.57. The largest absolute Gasteiger partial charge is 0.496 e. The summed E-state index contributed by atoms with van der Waals surface area (Å²) in [5, 5.41) is 1.09. The highest BCUT2D eigenvalue weighted by molar-refractivity contribution is 5.99. The van der Waals surface area contributed by atoms with Crippen molar-refractivity contribution in [3.8, 4) is 5.75 Å². The number of rotatable bonds is 12. The molecule has 1 aliphatic heterocycles. The lowest BCUT2D eigenvalue weighted by atomic mass is 9.78. The van der Waals surface area contributed by atoms with Crippen LogP contribution in [0.15, 0.2) is 97.1 Å². The average molecular weight is 615 g/mol. The van der Waals surface area contributed by atoms with Gasteiger partial charge in [0.25, 0.3) is 0 Å². The molecule has 0 spiro atoms. The summed E-state index contributed by atoms with van der Waals surface area (Å²) >= 11 is 0. The van der Waals surface area contributed by atoms with Crippen LogP contribution in [-0.4, -0.2) is 24.7 Å². The minimum atomic E-state index is -1.18. The summed E-state index contributed by atoms with van der Waals surface area (Å²) < 4.78 is 15.4. The number of carbonyl (C=O) groups is 1. The standard InChI is InChI=1S/C41H46N2O3/c1-7-9-17-30(8-2)27-43-29(4)39(34-21-14-16-23-37(34)43)41(35-22-15-13-20-33(35)40(44)46-41)36-25-24-32(26-38(36)45-6)42(5)28(3)31-18-11-10-12-19-31/h10-16,18-26,28,30H,7-9,17,27H2,1-6H3. The summed E-state index contributed by atoms with van der Waals surface area (Å²) in [7, 11) is 3.81. The maximum atomic E-state index is 13.8. The molecule has 0 fully saturated rings. The monoisotopic (exact) mass is 614 g/mol. The molecule has 5 nitrogen and oxygen atoms in total. The quantitative estimate of drug-likeness (QED) is 0.131. The van der Waals surface area contributed by atoms with E-state index in [1.54, 1.807) is 7.11 Å². The number of anilines is 1. The molecule has 3 atom stereocenters. The van der Waals surface area contributed by atoms with E-state index in [1.807, 2.05) is 30.3 Å². The van der Waals surface area contributed by atoms with Gasteiger partial charge in [0, 0.05) is 58.6 Å². The van der Waals surface area contributed by atoms with E-state index in [0.717, 1.165) is 51.9 Å². The van der Waals surface area contributed by atoms with Crippen LogP contribution >= 0.6 is 0 Å². The van der Waals surface area contributed by atoms with Crippen molar-refractivity contribution in [3.63, 3.8) is 0 Å². The lowest BCUT2D eigenvalue weighted by Gasteiger charge is -2.33. The van der Waals surface area contributed by atoms with Crippen molar-refractivity contribution in [2.45, 2.75) is 71.6 Å². The minimum absolute atomic E-state index is 0.148. The summed E-state index contributed by atoms with van der Waals surface area (Å²) in [6.07, 6.45) is 4.73. The molecule has 0 radical (unpaired) electrons. The Kier molecular flexibility index (Phi) is 8.95. The van der Waals surface area contributed by atoms with Crippen molar-refractivity contribution in [2.75, 3.05) is 19.1 Å². The number of methoxy groups -OCH3 is 1. The van der Waals surface area contributed by atoms with Crippen LogP contribution in [0.4, 0.5) is 5.69 Å². The normalized spacial score (nSPS) is 17.0. The van der Waals surface area contributed by atoms with Gasteiger partial charge in [-0.15, -0.1) is 0 Å². The second kappa shape index (κ2) is 13.1. The Hall–Kier alpha value is -4.51. The highest BCUT2D eigenvalue weighted by Gasteiger charge is 2.52. The van der Waals surface area contributed by atoms with Crippen molar-refractivity contribution in [3.05, 3.63) is 131 Å². The van der Waals surface area contributed by atoms with E-state index in [9.17, 15) is 4.79 Å². The number of para-hydroxylation sites is 1. The van der Waals surface area contributed by atoms with Gasteiger partial charge in [-0.3, -0.25) is 0 Å². The lowest BCUT2D eigenvalue weighted by Crippen LogP contribution is -2.31. The minimum Gasteiger partial charge on any atom is -0.496 e. The van der Waals surface area contributed by atoms with E-state index < -0.39 is 5.60 Å². The van der Waals surface area contributed by atoms with E-state index in [-0.39, 0.29) is 12.0 Å². The molecule has 0 bridgehead atoms. The molecule has 3 unspecified atom stereocenters. The maximum absolute atomic E-state index is 13.8. The molecule has 0 saturated heterocycles. The van der Waals surface area contributed by atoms with Crippen molar-refractivity contribution in [2.24, 2.45) is 5.92 Å². The molecule has 1 aromatic heterocycles. The summed E-state index contributed by atoms with van der Waals surface area (Å²) in [5.41, 5.74) is 6.61. The van der Waals surface area contributed by atoms with Crippen LogP contribution in [0.2, 0.25) is 0 Å². The van der Waals surface area contributed by atoms with Gasteiger partial charge in [0.15, 0.2) is 5.60 Å². The smallest absolute Gasteiger partial charge is 0.340 e. The van der Waals surface area contributed by atoms with Gasteiger partial charge in [0.05, 0.1) is 18.7 Å². The first-order valence-electron chi connectivity index (χ1n) is 16.7. The molecule has 6 rings (SSSR count). The van der Waals surface area contributed by atoms with Gasteiger partial charge in [-0.1, -0.05) is 99.8 Å². The van der Waals surface area contributed by atoms with Gasteiger partial charge >= 0.3 is 5.97 Å². The molecule has 0 saturated carbocycles. The molecule has 0 N–H and O–H groups in total. The van der Waals surface area contributed by atoms with E-state index in [4.69, 9.17) is 9.47 Å². The van der Waals surface area contributed by atoms with Crippen molar-refractivity contribution < 1.29 is 14.3 Å². The second-order valence-electron chi connectivity index (χ2n) is 12.7. The summed E-state index contributed by atoms with van der Waals surface area (Å²) in [5.74, 6) is 0.925. The Labute approximate surface area is 273 Å². The molecule has 0 aliphatic carbocycles. The maximum Gasteiger partial charge on any atom is 0.340 e. The van der Waals surface area contributed by atoms with Crippen LogP contribution in [0, 0.1) is 12.8 Å². The zero-order chi connectivity index (χ0) is 32.4. The average Bonchev–Trinajstić information content (AvgIpc) is 3.56. The highest BCUT2D eigenvalue weighted by atomic mass is 16.6. The number of benzene rings is 4. The third kappa shape index (κ3) is 5.26. The third-order valence-corrected chi connectivity index (χ3v) is 10.2. The van der Waals surface area contributed by atoms with Crippen molar-refractivity contribution >= 4 is 22.6 Å².